The molecule has 1 fully saturated rings. The molecule has 1 aliphatic heterocycles. The normalized spacial score (nSPS) is 15.3. The van der Waals surface area contributed by atoms with Gasteiger partial charge in [-0.05, 0) is 38.1 Å². The van der Waals surface area contributed by atoms with Gasteiger partial charge in [-0.3, -0.25) is 9.78 Å². The Bertz CT molecular complexity index is 623. The van der Waals surface area contributed by atoms with E-state index in [0.29, 0.717) is 17.9 Å². The van der Waals surface area contributed by atoms with Gasteiger partial charge in [0, 0.05) is 30.9 Å². The van der Waals surface area contributed by atoms with E-state index in [1.54, 1.807) is 24.8 Å². The Morgan fingerprint density at radius 3 is 2.61 bits per heavy atom. The van der Waals surface area contributed by atoms with Gasteiger partial charge in [0.1, 0.15) is 0 Å². The van der Waals surface area contributed by atoms with Crippen LogP contribution in [0.3, 0.4) is 0 Å². The monoisotopic (exact) mass is 311 g/mol. The molecule has 1 saturated heterocycles. The SMILES string of the molecule is O=C(CCN1CCCCC1)Nc1cnc(-c2cccnc2)nc1. The van der Waals surface area contributed by atoms with Crippen molar-refractivity contribution in [1.82, 2.24) is 19.9 Å². The molecule has 1 N–H and O–H groups in total. The van der Waals surface area contributed by atoms with Gasteiger partial charge in [-0.25, -0.2) is 9.97 Å². The maximum absolute atomic E-state index is 12.0. The molecule has 6 heteroatoms. The summed E-state index contributed by atoms with van der Waals surface area (Å²) in [4.78, 5) is 27.0. The minimum Gasteiger partial charge on any atom is -0.323 e. The van der Waals surface area contributed by atoms with Crippen molar-refractivity contribution in [3.63, 3.8) is 0 Å². The highest BCUT2D eigenvalue weighted by molar-refractivity contribution is 5.90. The van der Waals surface area contributed by atoms with Crippen molar-refractivity contribution in [3.05, 3.63) is 36.9 Å². The minimum absolute atomic E-state index is 0.00769. The molecule has 0 radical (unpaired) electrons. The number of amides is 1. The van der Waals surface area contributed by atoms with Crippen LogP contribution < -0.4 is 5.32 Å². The highest BCUT2D eigenvalue weighted by Crippen LogP contribution is 2.14. The van der Waals surface area contributed by atoms with Crippen molar-refractivity contribution in [1.29, 1.82) is 0 Å². The van der Waals surface area contributed by atoms with Gasteiger partial charge in [0.25, 0.3) is 0 Å². The van der Waals surface area contributed by atoms with Gasteiger partial charge in [-0.15, -0.1) is 0 Å². The first-order valence-corrected chi connectivity index (χ1v) is 8.06. The number of nitrogens with zero attached hydrogens (tertiary/aromatic N) is 4. The molecule has 23 heavy (non-hydrogen) atoms. The molecular weight excluding hydrogens is 290 g/mol. The fourth-order valence-electron chi connectivity index (χ4n) is 2.70. The van der Waals surface area contributed by atoms with Crippen molar-refractivity contribution in [2.24, 2.45) is 0 Å². The number of pyridine rings is 1. The third-order valence-corrected chi connectivity index (χ3v) is 3.96. The largest absolute Gasteiger partial charge is 0.323 e. The standard InChI is InChI=1S/C17H21N5O/c23-16(6-10-22-8-2-1-3-9-22)21-15-12-19-17(20-13-15)14-5-4-7-18-11-14/h4-5,7,11-13H,1-3,6,8-10H2,(H,21,23). The molecule has 3 rings (SSSR count). The van der Waals surface area contributed by atoms with Gasteiger partial charge in [0.2, 0.25) is 5.91 Å². The minimum atomic E-state index is 0.00769. The van der Waals surface area contributed by atoms with Crippen molar-refractivity contribution in [3.8, 4) is 11.4 Å². The Morgan fingerprint density at radius 2 is 1.91 bits per heavy atom. The molecule has 0 unspecified atom stereocenters. The van der Waals surface area contributed by atoms with Gasteiger partial charge in [0.15, 0.2) is 5.82 Å². The van der Waals surface area contributed by atoms with E-state index in [2.05, 4.69) is 25.2 Å². The smallest absolute Gasteiger partial charge is 0.225 e. The summed E-state index contributed by atoms with van der Waals surface area (Å²) in [5, 5.41) is 2.85. The third-order valence-electron chi connectivity index (χ3n) is 3.96. The zero-order valence-corrected chi connectivity index (χ0v) is 13.1. The second-order valence-electron chi connectivity index (χ2n) is 5.74. The molecule has 3 heterocycles. The Balaban J connectivity index is 1.50. The van der Waals surface area contributed by atoms with Crippen molar-refractivity contribution in [2.45, 2.75) is 25.7 Å². The molecule has 0 bridgehead atoms. The molecule has 6 nitrogen and oxygen atoms in total. The van der Waals surface area contributed by atoms with Crippen molar-refractivity contribution in [2.75, 3.05) is 25.0 Å². The zero-order chi connectivity index (χ0) is 15.9. The van der Waals surface area contributed by atoms with E-state index in [1.165, 1.54) is 19.3 Å². The molecule has 0 aliphatic carbocycles. The summed E-state index contributed by atoms with van der Waals surface area (Å²) in [6.07, 6.45) is 11.0. The Kier molecular flexibility index (Phi) is 5.26. The van der Waals surface area contributed by atoms with Crippen LogP contribution in [0, 0.1) is 0 Å². The Labute approximate surface area is 136 Å². The number of piperidine rings is 1. The molecular formula is C17H21N5O. The zero-order valence-electron chi connectivity index (χ0n) is 13.1. The molecule has 120 valence electrons. The van der Waals surface area contributed by atoms with Crippen LogP contribution in [0.15, 0.2) is 36.9 Å². The summed E-state index contributed by atoms with van der Waals surface area (Å²) in [7, 11) is 0. The summed E-state index contributed by atoms with van der Waals surface area (Å²) >= 11 is 0. The molecule has 0 atom stereocenters. The van der Waals surface area contributed by atoms with E-state index in [9.17, 15) is 4.79 Å². The number of likely N-dealkylation sites (tertiary alicyclic amines) is 1. The fraction of sp³-hybridized carbons (Fsp3) is 0.412. The predicted octanol–water partition coefficient (Wildman–Crippen LogP) is 2.35. The molecule has 1 amide bonds. The molecule has 2 aromatic rings. The number of anilines is 1. The second kappa shape index (κ2) is 7.78. The van der Waals surface area contributed by atoms with E-state index in [4.69, 9.17) is 0 Å². The first kappa shape index (κ1) is 15.6. The van der Waals surface area contributed by atoms with E-state index < -0.39 is 0 Å². The van der Waals surface area contributed by atoms with Gasteiger partial charge >= 0.3 is 0 Å². The lowest BCUT2D eigenvalue weighted by Gasteiger charge is -2.25. The van der Waals surface area contributed by atoms with Crippen LogP contribution in [-0.2, 0) is 4.79 Å². The molecule has 0 spiro atoms. The topological polar surface area (TPSA) is 71.0 Å². The molecule has 0 saturated carbocycles. The predicted molar refractivity (Wildman–Crippen MR) is 88.8 cm³/mol. The summed E-state index contributed by atoms with van der Waals surface area (Å²) in [6, 6.07) is 3.74. The summed E-state index contributed by atoms with van der Waals surface area (Å²) in [5.74, 6) is 0.609. The Hall–Kier alpha value is -2.34. The lowest BCUT2D eigenvalue weighted by molar-refractivity contribution is -0.116. The van der Waals surface area contributed by atoms with Crippen LogP contribution in [0.2, 0.25) is 0 Å². The van der Waals surface area contributed by atoms with Crippen molar-refractivity contribution < 1.29 is 4.79 Å². The average molecular weight is 311 g/mol. The number of hydrogen-bond acceptors (Lipinski definition) is 5. The van der Waals surface area contributed by atoms with E-state index in [1.807, 2.05) is 12.1 Å². The lowest BCUT2D eigenvalue weighted by atomic mass is 10.1. The first-order valence-electron chi connectivity index (χ1n) is 8.06. The van der Waals surface area contributed by atoms with Crippen LogP contribution in [0.4, 0.5) is 5.69 Å². The summed E-state index contributed by atoms with van der Waals surface area (Å²) in [6.45, 7) is 3.03. The number of nitrogens with one attached hydrogen (secondary N) is 1. The molecule has 0 aromatic carbocycles. The highest BCUT2D eigenvalue weighted by atomic mass is 16.1. The highest BCUT2D eigenvalue weighted by Gasteiger charge is 2.12. The lowest BCUT2D eigenvalue weighted by Crippen LogP contribution is -2.32. The number of carbonyl (C=O) groups excluding carboxylic acids is 1. The molecule has 1 aliphatic rings. The number of aromatic nitrogens is 3. The van der Waals surface area contributed by atoms with E-state index in [0.717, 1.165) is 25.2 Å². The van der Waals surface area contributed by atoms with Crippen LogP contribution in [0.25, 0.3) is 11.4 Å². The number of carbonyl (C=O) groups is 1. The number of hydrogen-bond donors (Lipinski definition) is 1. The third kappa shape index (κ3) is 4.56. The van der Waals surface area contributed by atoms with Crippen molar-refractivity contribution >= 4 is 11.6 Å². The van der Waals surface area contributed by atoms with Gasteiger partial charge in [-0.1, -0.05) is 6.42 Å². The van der Waals surface area contributed by atoms with Crippen LogP contribution >= 0.6 is 0 Å². The van der Waals surface area contributed by atoms with Crippen LogP contribution in [0.1, 0.15) is 25.7 Å². The maximum atomic E-state index is 12.0. The van der Waals surface area contributed by atoms with E-state index in [-0.39, 0.29) is 5.91 Å². The summed E-state index contributed by atoms with van der Waals surface area (Å²) < 4.78 is 0. The van der Waals surface area contributed by atoms with Crippen LogP contribution in [-0.4, -0.2) is 45.4 Å². The maximum Gasteiger partial charge on any atom is 0.225 e. The van der Waals surface area contributed by atoms with E-state index >= 15 is 0 Å². The van der Waals surface area contributed by atoms with Gasteiger partial charge < -0.3 is 10.2 Å². The Morgan fingerprint density at radius 1 is 1.13 bits per heavy atom. The summed E-state index contributed by atoms with van der Waals surface area (Å²) in [5.41, 5.74) is 1.48. The number of rotatable bonds is 5. The quantitative estimate of drug-likeness (QED) is 0.918. The average Bonchev–Trinajstić information content (AvgIpc) is 2.62. The fourth-order valence-corrected chi connectivity index (χ4v) is 2.70. The van der Waals surface area contributed by atoms with Gasteiger partial charge in [-0.2, -0.15) is 0 Å². The second-order valence-corrected chi connectivity index (χ2v) is 5.74. The van der Waals surface area contributed by atoms with Crippen LogP contribution in [0.5, 0.6) is 0 Å². The molecule has 2 aromatic heterocycles. The first-order chi connectivity index (χ1) is 11.3. The van der Waals surface area contributed by atoms with Gasteiger partial charge in [0.05, 0.1) is 18.1 Å².